The van der Waals surface area contributed by atoms with Gasteiger partial charge in [-0.15, -0.1) is 0 Å². The van der Waals surface area contributed by atoms with Crippen molar-refractivity contribution in [3.05, 3.63) is 0 Å². The molecule has 0 heterocycles. The van der Waals surface area contributed by atoms with Gasteiger partial charge in [-0.3, -0.25) is 0 Å². The van der Waals surface area contributed by atoms with Crippen molar-refractivity contribution in [1.29, 1.82) is 0 Å². The van der Waals surface area contributed by atoms with Crippen molar-refractivity contribution in [3.63, 3.8) is 0 Å². The molecule has 0 amide bonds. The van der Waals surface area contributed by atoms with Crippen molar-refractivity contribution in [1.82, 2.24) is 0 Å². The van der Waals surface area contributed by atoms with E-state index < -0.39 is 0 Å². The molecule has 0 spiro atoms. The van der Waals surface area contributed by atoms with E-state index in [2.05, 4.69) is 13.8 Å². The normalized spacial score (nSPS) is 13.2. The van der Waals surface area contributed by atoms with Crippen molar-refractivity contribution in [2.75, 3.05) is 5.75 Å². The summed E-state index contributed by atoms with van der Waals surface area (Å²) in [6.07, 6.45) is 1.67. The largest absolute Gasteiger partial charge is 0.303 e. The van der Waals surface area contributed by atoms with Crippen molar-refractivity contribution < 1.29 is 4.79 Å². The molecule has 0 rings (SSSR count). The van der Waals surface area contributed by atoms with Gasteiger partial charge in [0.2, 0.25) is 0 Å². The van der Waals surface area contributed by atoms with Crippen LogP contribution >= 0.6 is 11.8 Å². The molecule has 0 aromatic heterocycles. The van der Waals surface area contributed by atoms with Crippen LogP contribution in [0.2, 0.25) is 0 Å². The van der Waals surface area contributed by atoms with Crippen LogP contribution in [0.3, 0.4) is 0 Å². The molecular weight excluding hydrogens is 120 g/mol. The molecule has 0 saturated carbocycles. The second kappa shape index (κ2) is 5.16. The first-order valence-electron chi connectivity index (χ1n) is 2.86. The van der Waals surface area contributed by atoms with Gasteiger partial charge in [-0.2, -0.15) is 11.8 Å². The van der Waals surface area contributed by atoms with E-state index >= 15 is 0 Å². The lowest BCUT2D eigenvalue weighted by atomic mass is 10.4. The van der Waals surface area contributed by atoms with Gasteiger partial charge in [-0.1, -0.05) is 13.8 Å². The monoisotopic (exact) mass is 132 g/mol. The van der Waals surface area contributed by atoms with Gasteiger partial charge in [0, 0.05) is 11.7 Å². The van der Waals surface area contributed by atoms with Gasteiger partial charge in [0.1, 0.15) is 6.29 Å². The lowest BCUT2D eigenvalue weighted by Gasteiger charge is -2.01. The van der Waals surface area contributed by atoms with Crippen molar-refractivity contribution in [2.24, 2.45) is 0 Å². The lowest BCUT2D eigenvalue weighted by molar-refractivity contribution is -0.107. The van der Waals surface area contributed by atoms with Gasteiger partial charge >= 0.3 is 0 Å². The second-order valence-electron chi connectivity index (χ2n) is 1.67. The van der Waals surface area contributed by atoms with Crippen LogP contribution in [0.15, 0.2) is 0 Å². The number of aldehydes is 1. The summed E-state index contributed by atoms with van der Waals surface area (Å²) >= 11 is 1.82. The molecule has 0 aromatic rings. The Hall–Kier alpha value is 0.0200. The number of carbonyl (C=O) groups excluding carboxylic acids is 1. The molecule has 1 atom stereocenters. The summed E-state index contributed by atoms with van der Waals surface area (Å²) in [6.45, 7) is 4.18. The van der Waals surface area contributed by atoms with E-state index in [9.17, 15) is 4.79 Å². The van der Waals surface area contributed by atoms with Crippen LogP contribution in [0.4, 0.5) is 0 Å². The maximum Gasteiger partial charge on any atom is 0.121 e. The third-order valence-electron chi connectivity index (χ3n) is 0.879. The highest BCUT2D eigenvalue weighted by molar-refractivity contribution is 7.99. The molecule has 48 valence electrons. The average molecular weight is 132 g/mol. The predicted octanol–water partition coefficient (Wildman–Crippen LogP) is 1.72. The number of hydrogen-bond acceptors (Lipinski definition) is 2. The van der Waals surface area contributed by atoms with E-state index in [4.69, 9.17) is 0 Å². The summed E-state index contributed by atoms with van der Waals surface area (Å²) in [5.41, 5.74) is 0. The van der Waals surface area contributed by atoms with Crippen LogP contribution < -0.4 is 0 Å². The predicted molar refractivity (Wildman–Crippen MR) is 38.3 cm³/mol. The Balaban J connectivity index is 3.03. The molecule has 0 aliphatic carbocycles. The van der Waals surface area contributed by atoms with Gasteiger partial charge in [-0.05, 0) is 5.75 Å². The molecule has 0 N–H and O–H groups in total. The highest BCUT2D eigenvalue weighted by Gasteiger charge is 1.96. The summed E-state index contributed by atoms with van der Waals surface area (Å²) in [7, 11) is 0. The minimum atomic E-state index is 0.512. The summed E-state index contributed by atoms with van der Waals surface area (Å²) < 4.78 is 0. The second-order valence-corrected chi connectivity index (χ2v) is 3.38. The third-order valence-corrected chi connectivity index (χ3v) is 1.97. The van der Waals surface area contributed by atoms with Crippen LogP contribution in [0.25, 0.3) is 0 Å². The average Bonchev–Trinajstić information content (AvgIpc) is 1.68. The highest BCUT2D eigenvalue weighted by atomic mass is 32.2. The van der Waals surface area contributed by atoms with Crippen LogP contribution in [0.1, 0.15) is 20.3 Å². The molecule has 0 aromatic carbocycles. The Labute approximate surface area is 54.8 Å². The van der Waals surface area contributed by atoms with Crippen LogP contribution in [0.5, 0.6) is 0 Å². The fourth-order valence-electron chi connectivity index (χ4n) is 0.488. The number of thioether (sulfide) groups is 1. The first-order valence-corrected chi connectivity index (χ1v) is 3.91. The van der Waals surface area contributed by atoms with E-state index in [-0.39, 0.29) is 0 Å². The van der Waals surface area contributed by atoms with E-state index in [1.54, 1.807) is 0 Å². The number of rotatable bonds is 4. The van der Waals surface area contributed by atoms with Crippen molar-refractivity contribution in [3.8, 4) is 0 Å². The molecule has 8 heavy (non-hydrogen) atoms. The van der Waals surface area contributed by atoms with Crippen LogP contribution in [0, 0.1) is 0 Å². The summed E-state index contributed by atoms with van der Waals surface area (Å²) in [5.74, 6) is 1.11. The van der Waals surface area contributed by atoms with E-state index in [0.29, 0.717) is 11.7 Å². The highest BCUT2D eigenvalue weighted by Crippen LogP contribution is 2.10. The Morgan fingerprint density at radius 1 is 1.75 bits per heavy atom. The Bertz CT molecular complexity index is 63.5. The minimum absolute atomic E-state index is 0.512. The molecule has 0 unspecified atom stereocenters. The van der Waals surface area contributed by atoms with E-state index in [0.717, 1.165) is 12.0 Å². The zero-order valence-corrected chi connectivity index (χ0v) is 6.20. The standard InChI is InChI=1S/C6H12OS/c1-3-8-6(2)4-5-7/h5-6H,3-4H2,1-2H3/t6-/m1/s1. The molecule has 0 saturated heterocycles. The summed E-state index contributed by atoms with van der Waals surface area (Å²) in [5, 5.41) is 0.512. The van der Waals surface area contributed by atoms with Crippen LogP contribution in [-0.2, 0) is 4.79 Å². The minimum Gasteiger partial charge on any atom is -0.303 e. The summed E-state index contributed by atoms with van der Waals surface area (Å²) in [4.78, 5) is 9.88. The first-order chi connectivity index (χ1) is 3.81. The van der Waals surface area contributed by atoms with Gasteiger partial charge in [0.05, 0.1) is 0 Å². The summed E-state index contributed by atoms with van der Waals surface area (Å²) in [6, 6.07) is 0. The molecule has 0 aliphatic rings. The first kappa shape index (κ1) is 8.02. The van der Waals surface area contributed by atoms with Gasteiger partial charge in [0.25, 0.3) is 0 Å². The maximum atomic E-state index is 9.88. The van der Waals surface area contributed by atoms with Crippen molar-refractivity contribution in [2.45, 2.75) is 25.5 Å². The molecule has 0 radical (unpaired) electrons. The Morgan fingerprint density at radius 2 is 2.38 bits per heavy atom. The Kier molecular flexibility index (Phi) is 5.18. The topological polar surface area (TPSA) is 17.1 Å². The number of hydrogen-bond donors (Lipinski definition) is 0. The zero-order chi connectivity index (χ0) is 6.41. The van der Waals surface area contributed by atoms with Gasteiger partial charge in [-0.25, -0.2) is 0 Å². The fourth-order valence-corrected chi connectivity index (χ4v) is 1.27. The molecule has 0 aliphatic heterocycles. The molecule has 1 nitrogen and oxygen atoms in total. The van der Waals surface area contributed by atoms with Gasteiger partial charge < -0.3 is 4.79 Å². The van der Waals surface area contributed by atoms with E-state index in [1.807, 2.05) is 11.8 Å². The molecule has 2 heteroatoms. The Morgan fingerprint density at radius 3 is 2.75 bits per heavy atom. The maximum absolute atomic E-state index is 9.88. The zero-order valence-electron chi connectivity index (χ0n) is 5.39. The molecular formula is C6H12OS. The number of carbonyl (C=O) groups is 1. The van der Waals surface area contributed by atoms with E-state index in [1.165, 1.54) is 0 Å². The molecule has 0 bridgehead atoms. The SMILES string of the molecule is CCS[C@H](C)CC=O. The smallest absolute Gasteiger partial charge is 0.121 e. The van der Waals surface area contributed by atoms with Gasteiger partial charge in [0.15, 0.2) is 0 Å². The fraction of sp³-hybridized carbons (Fsp3) is 0.833. The lowest BCUT2D eigenvalue weighted by Crippen LogP contribution is -1.95. The third kappa shape index (κ3) is 4.19. The molecule has 0 fully saturated rings. The quantitative estimate of drug-likeness (QED) is 0.542. The van der Waals surface area contributed by atoms with Crippen LogP contribution in [-0.4, -0.2) is 17.3 Å². The van der Waals surface area contributed by atoms with Crippen molar-refractivity contribution >= 4 is 18.0 Å².